The predicted molar refractivity (Wildman–Crippen MR) is 87.0 cm³/mol. The van der Waals surface area contributed by atoms with Crippen molar-refractivity contribution in [1.29, 1.82) is 0 Å². The minimum Gasteiger partial charge on any atom is -0.364 e. The molecular weight excluding hydrogens is 371 g/mol. The third-order valence-electron chi connectivity index (χ3n) is 2.65. The van der Waals surface area contributed by atoms with E-state index >= 15 is 0 Å². The molecule has 0 saturated heterocycles. The summed E-state index contributed by atoms with van der Waals surface area (Å²) >= 11 is 0. The van der Waals surface area contributed by atoms with Crippen LogP contribution in [-0.2, 0) is 13.1 Å². The van der Waals surface area contributed by atoms with E-state index in [-0.39, 0.29) is 24.0 Å². The van der Waals surface area contributed by atoms with Crippen molar-refractivity contribution in [2.75, 3.05) is 20.6 Å². The van der Waals surface area contributed by atoms with Gasteiger partial charge >= 0.3 is 0 Å². The normalized spacial score (nSPS) is 11.0. The van der Waals surface area contributed by atoms with Crippen molar-refractivity contribution in [2.24, 2.45) is 4.99 Å². The van der Waals surface area contributed by atoms with Gasteiger partial charge < -0.3 is 14.7 Å². The van der Waals surface area contributed by atoms with E-state index in [0.717, 1.165) is 24.7 Å². The summed E-state index contributed by atoms with van der Waals surface area (Å²) in [7, 11) is 3.72. The zero-order chi connectivity index (χ0) is 13.5. The zero-order valence-electron chi connectivity index (χ0n) is 11.6. The Hall–Kier alpha value is -1.58. The Balaban J connectivity index is 0.00000200. The van der Waals surface area contributed by atoms with Gasteiger partial charge in [0.1, 0.15) is 12.0 Å². The van der Waals surface area contributed by atoms with Crippen LogP contribution in [0.1, 0.15) is 5.69 Å². The van der Waals surface area contributed by atoms with Crippen LogP contribution < -0.4 is 5.32 Å². The number of aliphatic imine (C=N–C) groups is 1. The van der Waals surface area contributed by atoms with E-state index in [0.29, 0.717) is 6.54 Å². The Morgan fingerprint density at radius 3 is 3.00 bits per heavy atom. The van der Waals surface area contributed by atoms with Crippen LogP contribution in [0.3, 0.4) is 0 Å². The molecule has 0 radical (unpaired) electrons. The van der Waals surface area contributed by atoms with Gasteiger partial charge in [-0.2, -0.15) is 5.10 Å². The molecule has 0 aliphatic heterocycles. The number of aromatic nitrogens is 3. The van der Waals surface area contributed by atoms with Crippen molar-refractivity contribution in [3.05, 3.63) is 36.5 Å². The molecule has 0 atom stereocenters. The van der Waals surface area contributed by atoms with Crippen LogP contribution in [0.5, 0.6) is 0 Å². The first-order chi connectivity index (χ1) is 9.29. The molecule has 0 unspecified atom stereocenters. The van der Waals surface area contributed by atoms with E-state index in [9.17, 15) is 0 Å². The lowest BCUT2D eigenvalue weighted by Crippen LogP contribution is -2.39. The summed E-state index contributed by atoms with van der Waals surface area (Å²) in [5.74, 6) is 0.815. The molecule has 0 spiro atoms. The van der Waals surface area contributed by atoms with Crippen molar-refractivity contribution >= 4 is 29.9 Å². The number of hydrogen-bond acceptors (Lipinski definition) is 4. The number of hydrogen-bond donors (Lipinski definition) is 1. The number of halogens is 1. The van der Waals surface area contributed by atoms with Gasteiger partial charge in [0.2, 0.25) is 0 Å². The molecule has 0 aliphatic rings. The van der Waals surface area contributed by atoms with Gasteiger partial charge in [0.15, 0.2) is 5.96 Å². The lowest BCUT2D eigenvalue weighted by Gasteiger charge is -2.20. The van der Waals surface area contributed by atoms with Gasteiger partial charge in [0.25, 0.3) is 0 Å². The fourth-order valence-corrected chi connectivity index (χ4v) is 1.74. The number of rotatable bonds is 5. The van der Waals surface area contributed by atoms with Crippen LogP contribution in [0.25, 0.3) is 0 Å². The maximum atomic E-state index is 4.81. The first-order valence-corrected chi connectivity index (χ1v) is 6.08. The highest BCUT2D eigenvalue weighted by Crippen LogP contribution is 1.99. The van der Waals surface area contributed by atoms with Crippen LogP contribution in [0.2, 0.25) is 0 Å². The number of guanidine groups is 1. The lowest BCUT2D eigenvalue weighted by atomic mass is 10.4. The molecule has 0 aromatic carbocycles. The second-order valence-electron chi connectivity index (χ2n) is 4.09. The highest BCUT2D eigenvalue weighted by molar-refractivity contribution is 14.0. The van der Waals surface area contributed by atoms with Crippen LogP contribution in [0.4, 0.5) is 0 Å². The second kappa shape index (κ2) is 8.56. The molecule has 2 aromatic rings. The monoisotopic (exact) mass is 390 g/mol. The number of nitrogens with one attached hydrogen (secondary N) is 1. The van der Waals surface area contributed by atoms with E-state index in [1.54, 1.807) is 19.5 Å². The van der Waals surface area contributed by atoms with Crippen LogP contribution in [0.15, 0.2) is 40.3 Å². The topological polar surface area (TPSA) is 71.5 Å². The fourth-order valence-electron chi connectivity index (χ4n) is 1.74. The third-order valence-corrected chi connectivity index (χ3v) is 2.65. The van der Waals surface area contributed by atoms with E-state index in [1.165, 1.54) is 0 Å². The Morgan fingerprint density at radius 2 is 2.40 bits per heavy atom. The molecular formula is C12H19IN6O. The molecule has 2 aromatic heterocycles. The van der Waals surface area contributed by atoms with E-state index in [2.05, 4.69) is 20.6 Å². The van der Waals surface area contributed by atoms with Crippen molar-refractivity contribution in [3.63, 3.8) is 0 Å². The second-order valence-corrected chi connectivity index (χ2v) is 4.09. The van der Waals surface area contributed by atoms with Crippen molar-refractivity contribution in [1.82, 2.24) is 25.2 Å². The summed E-state index contributed by atoms with van der Waals surface area (Å²) < 4.78 is 6.68. The van der Waals surface area contributed by atoms with Crippen LogP contribution in [0, 0.1) is 0 Å². The van der Waals surface area contributed by atoms with Gasteiger partial charge in [-0.15, -0.1) is 24.0 Å². The summed E-state index contributed by atoms with van der Waals surface area (Å²) in [4.78, 5) is 6.22. The van der Waals surface area contributed by atoms with Gasteiger partial charge in [-0.1, -0.05) is 5.16 Å². The fraction of sp³-hybridized carbons (Fsp3) is 0.417. The van der Waals surface area contributed by atoms with Gasteiger partial charge in [-0.25, -0.2) is 0 Å². The number of nitrogens with zero attached hydrogens (tertiary/aromatic N) is 5. The molecule has 110 valence electrons. The van der Waals surface area contributed by atoms with Crippen molar-refractivity contribution in [3.8, 4) is 0 Å². The summed E-state index contributed by atoms with van der Waals surface area (Å²) in [5.41, 5.74) is 0.873. The molecule has 7 nitrogen and oxygen atoms in total. The molecule has 2 heterocycles. The molecule has 0 fully saturated rings. The minimum absolute atomic E-state index is 0. The average Bonchev–Trinajstić information content (AvgIpc) is 3.07. The Labute approximate surface area is 135 Å². The maximum Gasteiger partial charge on any atom is 0.193 e. The largest absolute Gasteiger partial charge is 0.364 e. The minimum atomic E-state index is 0. The SMILES string of the molecule is CN=C(NCCn1cccn1)N(C)Cc1ccon1.I. The molecule has 0 aliphatic carbocycles. The van der Waals surface area contributed by atoms with Gasteiger partial charge in [-0.3, -0.25) is 9.67 Å². The molecule has 0 amide bonds. The van der Waals surface area contributed by atoms with Crippen LogP contribution in [-0.4, -0.2) is 46.4 Å². The predicted octanol–water partition coefficient (Wildman–Crippen LogP) is 1.20. The van der Waals surface area contributed by atoms with E-state index in [1.807, 2.05) is 35.0 Å². The summed E-state index contributed by atoms with van der Waals surface area (Å²) in [6.07, 6.45) is 5.27. The van der Waals surface area contributed by atoms with E-state index < -0.39 is 0 Å². The lowest BCUT2D eigenvalue weighted by molar-refractivity contribution is 0.390. The van der Waals surface area contributed by atoms with Crippen molar-refractivity contribution < 1.29 is 4.52 Å². The molecule has 1 N–H and O–H groups in total. The van der Waals surface area contributed by atoms with Gasteiger partial charge in [0.05, 0.1) is 13.1 Å². The van der Waals surface area contributed by atoms with Crippen molar-refractivity contribution in [2.45, 2.75) is 13.1 Å². The molecule has 2 rings (SSSR count). The molecule has 20 heavy (non-hydrogen) atoms. The quantitative estimate of drug-likeness (QED) is 0.472. The maximum absolute atomic E-state index is 4.81. The highest BCUT2D eigenvalue weighted by Gasteiger charge is 2.07. The van der Waals surface area contributed by atoms with Gasteiger partial charge in [0, 0.05) is 39.1 Å². The average molecular weight is 390 g/mol. The Kier molecular flexibility index (Phi) is 7.05. The van der Waals surface area contributed by atoms with Gasteiger partial charge in [-0.05, 0) is 6.07 Å². The van der Waals surface area contributed by atoms with Crippen LogP contribution >= 0.6 is 24.0 Å². The standard InChI is InChI=1S/C12H18N6O.HI/c1-13-12(14-6-8-18-7-3-5-15-18)17(2)10-11-4-9-19-16-11;/h3-5,7,9H,6,8,10H2,1-2H3,(H,13,14);1H. The molecule has 8 heteroatoms. The first kappa shape index (κ1) is 16.5. The first-order valence-electron chi connectivity index (χ1n) is 6.08. The Bertz CT molecular complexity index is 496. The summed E-state index contributed by atoms with van der Waals surface area (Å²) in [6.45, 7) is 2.21. The smallest absolute Gasteiger partial charge is 0.193 e. The van der Waals surface area contributed by atoms with E-state index in [4.69, 9.17) is 4.52 Å². The molecule has 0 bridgehead atoms. The summed E-state index contributed by atoms with van der Waals surface area (Å²) in [6, 6.07) is 3.75. The highest BCUT2D eigenvalue weighted by atomic mass is 127. The molecule has 0 saturated carbocycles. The Morgan fingerprint density at radius 1 is 1.55 bits per heavy atom. The zero-order valence-corrected chi connectivity index (χ0v) is 13.9. The summed E-state index contributed by atoms with van der Waals surface area (Å²) in [5, 5.41) is 11.3. The third kappa shape index (κ3) is 4.83.